The van der Waals surface area contributed by atoms with Crippen LogP contribution in [-0.4, -0.2) is 43.8 Å². The number of guanidine groups is 1. The van der Waals surface area contributed by atoms with Gasteiger partial charge in [-0.25, -0.2) is 0 Å². The minimum atomic E-state index is 0. The summed E-state index contributed by atoms with van der Waals surface area (Å²) in [6, 6.07) is 6.24. The van der Waals surface area contributed by atoms with E-state index in [-0.39, 0.29) is 30.0 Å². The zero-order valence-electron chi connectivity index (χ0n) is 13.3. The van der Waals surface area contributed by atoms with E-state index in [4.69, 9.17) is 16.3 Å². The summed E-state index contributed by atoms with van der Waals surface area (Å²) in [6.07, 6.45) is 0.894. The van der Waals surface area contributed by atoms with Gasteiger partial charge in [0, 0.05) is 30.3 Å². The van der Waals surface area contributed by atoms with Gasteiger partial charge >= 0.3 is 0 Å². The van der Waals surface area contributed by atoms with Crippen LogP contribution in [0, 0.1) is 6.92 Å². The summed E-state index contributed by atoms with van der Waals surface area (Å²) in [4.78, 5) is 7.83. The predicted molar refractivity (Wildman–Crippen MR) is 106 cm³/mol. The largest absolute Gasteiger partial charge is 0.382 e. The van der Waals surface area contributed by atoms with Crippen LogP contribution in [0.1, 0.15) is 11.3 Å². The highest BCUT2D eigenvalue weighted by molar-refractivity contribution is 14.0. The number of ether oxygens (including phenoxy) is 1. The molecule has 1 unspecified atom stereocenters. The van der Waals surface area contributed by atoms with Crippen LogP contribution in [0.2, 0.25) is 5.02 Å². The molecule has 3 rings (SSSR count). The molecule has 1 aromatic heterocycles. The maximum atomic E-state index is 6.35. The molecule has 1 atom stereocenters. The molecule has 1 aromatic carbocycles. The van der Waals surface area contributed by atoms with Crippen LogP contribution in [-0.2, 0) is 11.2 Å². The number of aryl methyl sites for hydroxylation is 1. The first-order valence-corrected chi connectivity index (χ1v) is 7.86. The molecule has 23 heavy (non-hydrogen) atoms. The van der Waals surface area contributed by atoms with Crippen molar-refractivity contribution in [3.8, 4) is 0 Å². The average molecular weight is 449 g/mol. The fourth-order valence-electron chi connectivity index (χ4n) is 2.91. The fraction of sp³-hybridized carbons (Fsp3) is 0.438. The van der Waals surface area contributed by atoms with Gasteiger partial charge < -0.3 is 20.4 Å². The summed E-state index contributed by atoms with van der Waals surface area (Å²) in [6.45, 7) is 4.33. The number of aromatic nitrogens is 1. The number of benzene rings is 1. The number of hydrogen-bond acceptors (Lipinski definition) is 4. The highest BCUT2D eigenvalue weighted by atomic mass is 127. The van der Waals surface area contributed by atoms with Crippen LogP contribution in [0.15, 0.2) is 23.2 Å². The number of aromatic amines is 1. The predicted octanol–water partition coefficient (Wildman–Crippen LogP) is 2.85. The van der Waals surface area contributed by atoms with Crippen molar-refractivity contribution in [2.45, 2.75) is 19.4 Å². The van der Waals surface area contributed by atoms with Gasteiger partial charge in [0.15, 0.2) is 5.96 Å². The topological polar surface area (TPSA) is 61.4 Å². The van der Waals surface area contributed by atoms with Gasteiger partial charge in [-0.15, -0.1) is 24.0 Å². The van der Waals surface area contributed by atoms with E-state index in [1.165, 1.54) is 11.3 Å². The van der Waals surface area contributed by atoms with Crippen LogP contribution >= 0.6 is 35.6 Å². The van der Waals surface area contributed by atoms with Gasteiger partial charge in [0.2, 0.25) is 0 Å². The molecular formula is C16H22ClIN4O. The molecule has 0 amide bonds. The smallest absolute Gasteiger partial charge is 0.191 e. The van der Waals surface area contributed by atoms with Gasteiger partial charge in [-0.1, -0.05) is 17.7 Å². The molecule has 1 aliphatic rings. The van der Waals surface area contributed by atoms with Crippen molar-refractivity contribution in [3.63, 3.8) is 0 Å². The number of H-pyrrole nitrogens is 1. The van der Waals surface area contributed by atoms with E-state index in [2.05, 4.69) is 33.6 Å². The molecule has 0 bridgehead atoms. The molecule has 7 heteroatoms. The first-order chi connectivity index (χ1) is 10.7. The van der Waals surface area contributed by atoms with E-state index < -0.39 is 0 Å². The maximum Gasteiger partial charge on any atom is 0.191 e. The average Bonchev–Trinajstić information content (AvgIpc) is 3.05. The number of rotatable bonds is 5. The molecule has 1 aliphatic heterocycles. The quantitative estimate of drug-likeness (QED) is 0.617. The minimum absolute atomic E-state index is 0. The molecule has 0 saturated carbocycles. The lowest BCUT2D eigenvalue weighted by Crippen LogP contribution is -2.41. The lowest BCUT2D eigenvalue weighted by Gasteiger charge is -2.11. The monoisotopic (exact) mass is 448 g/mol. The Kier molecular flexibility index (Phi) is 6.55. The zero-order valence-corrected chi connectivity index (χ0v) is 16.4. The maximum absolute atomic E-state index is 6.35. The minimum Gasteiger partial charge on any atom is -0.382 e. The van der Waals surface area contributed by atoms with Crippen molar-refractivity contribution in [1.29, 1.82) is 0 Å². The Morgan fingerprint density at radius 2 is 2.26 bits per heavy atom. The van der Waals surface area contributed by atoms with Crippen molar-refractivity contribution >= 4 is 52.4 Å². The summed E-state index contributed by atoms with van der Waals surface area (Å²) < 4.78 is 5.13. The molecule has 126 valence electrons. The standard InChI is InChI=1S/C16H21ClN4O.HI/c1-10-12(15-13(17)4-3-5-14(15)20-10)6-7-18-16-19-8-11(21-16)9-22-2;/h3-5,11,20H,6-9H2,1-2H3,(H2,18,19,21);1H. The van der Waals surface area contributed by atoms with Crippen molar-refractivity contribution < 1.29 is 4.74 Å². The molecule has 0 fully saturated rings. The van der Waals surface area contributed by atoms with Gasteiger partial charge in [0.05, 0.1) is 24.2 Å². The summed E-state index contributed by atoms with van der Waals surface area (Å²) in [5.74, 6) is 0.852. The van der Waals surface area contributed by atoms with E-state index in [1.807, 2.05) is 12.1 Å². The highest BCUT2D eigenvalue weighted by Crippen LogP contribution is 2.29. The van der Waals surface area contributed by atoms with Crippen LogP contribution in [0.3, 0.4) is 0 Å². The molecule has 3 N–H and O–H groups in total. The van der Waals surface area contributed by atoms with E-state index in [0.29, 0.717) is 6.61 Å². The molecule has 0 saturated heterocycles. The summed E-state index contributed by atoms with van der Waals surface area (Å²) >= 11 is 6.35. The number of nitrogens with zero attached hydrogens (tertiary/aromatic N) is 1. The number of methoxy groups -OCH3 is 1. The second-order valence-corrected chi connectivity index (χ2v) is 5.96. The first-order valence-electron chi connectivity index (χ1n) is 7.48. The Balaban J connectivity index is 0.00000192. The van der Waals surface area contributed by atoms with Crippen LogP contribution in [0.5, 0.6) is 0 Å². The van der Waals surface area contributed by atoms with Crippen molar-refractivity contribution in [2.24, 2.45) is 4.99 Å². The van der Waals surface area contributed by atoms with E-state index in [1.54, 1.807) is 7.11 Å². The van der Waals surface area contributed by atoms with Crippen molar-refractivity contribution in [1.82, 2.24) is 15.6 Å². The molecular weight excluding hydrogens is 427 g/mol. The highest BCUT2D eigenvalue weighted by Gasteiger charge is 2.17. The Hall–Kier alpha value is -0.990. The molecule has 0 spiro atoms. The van der Waals surface area contributed by atoms with Crippen LogP contribution in [0.4, 0.5) is 0 Å². The number of hydrogen-bond donors (Lipinski definition) is 3. The van der Waals surface area contributed by atoms with Gasteiger partial charge in [-0.3, -0.25) is 4.99 Å². The first kappa shape index (κ1) is 18.4. The van der Waals surface area contributed by atoms with Crippen molar-refractivity contribution in [3.05, 3.63) is 34.5 Å². The second-order valence-electron chi connectivity index (χ2n) is 5.55. The molecule has 2 aromatic rings. The Labute approximate surface area is 158 Å². The Morgan fingerprint density at radius 1 is 1.43 bits per heavy atom. The Morgan fingerprint density at radius 3 is 3.04 bits per heavy atom. The summed E-state index contributed by atoms with van der Waals surface area (Å²) in [5, 5.41) is 8.59. The fourth-order valence-corrected chi connectivity index (χ4v) is 3.20. The third-order valence-corrected chi connectivity index (χ3v) is 4.25. The summed E-state index contributed by atoms with van der Waals surface area (Å²) in [7, 11) is 1.70. The lowest BCUT2D eigenvalue weighted by molar-refractivity contribution is 0.179. The zero-order chi connectivity index (χ0) is 15.5. The van der Waals surface area contributed by atoms with E-state index in [9.17, 15) is 0 Å². The molecule has 0 radical (unpaired) electrons. The second kappa shape index (κ2) is 8.21. The number of halogens is 2. The van der Waals surface area contributed by atoms with E-state index >= 15 is 0 Å². The van der Waals surface area contributed by atoms with Gasteiger partial charge in [-0.2, -0.15) is 0 Å². The van der Waals surface area contributed by atoms with Gasteiger partial charge in [0.25, 0.3) is 0 Å². The van der Waals surface area contributed by atoms with Gasteiger partial charge in [-0.05, 0) is 31.0 Å². The third kappa shape index (κ3) is 4.10. The van der Waals surface area contributed by atoms with Gasteiger partial charge in [0.1, 0.15) is 0 Å². The van der Waals surface area contributed by atoms with E-state index in [0.717, 1.165) is 41.4 Å². The normalized spacial score (nSPS) is 16.8. The SMILES string of the molecule is COCC1CN=C(NCCc2c(C)[nH]c3cccc(Cl)c23)N1.I. The molecule has 0 aliphatic carbocycles. The lowest BCUT2D eigenvalue weighted by atomic mass is 10.1. The number of aliphatic imine (C=N–C) groups is 1. The Bertz CT molecular complexity index is 701. The number of fused-ring (bicyclic) bond motifs is 1. The van der Waals surface area contributed by atoms with Crippen LogP contribution < -0.4 is 10.6 Å². The number of nitrogens with one attached hydrogen (secondary N) is 3. The van der Waals surface area contributed by atoms with Crippen LogP contribution in [0.25, 0.3) is 10.9 Å². The molecule has 2 heterocycles. The van der Waals surface area contributed by atoms with Crippen molar-refractivity contribution in [2.75, 3.05) is 26.8 Å². The third-order valence-electron chi connectivity index (χ3n) is 3.94. The summed E-state index contributed by atoms with van der Waals surface area (Å²) in [5.41, 5.74) is 3.53. The molecule has 5 nitrogen and oxygen atoms in total.